The van der Waals surface area contributed by atoms with E-state index < -0.39 is 5.97 Å². The number of ketones is 1. The van der Waals surface area contributed by atoms with Gasteiger partial charge in [-0.15, -0.1) is 0 Å². The fraction of sp³-hybridized carbons (Fsp3) is 0.818. The topological polar surface area (TPSA) is 54.4 Å². The standard InChI is InChI=1S/C20H36O.C2H4O2/c1-3-5-7-8-9-10-11-12-13-14-15-17-19-20(21)18-16-6-4-2;1-2(3)4/h3-16,18H2,1-2H3;1H3,(H,3,4). The van der Waals surface area contributed by atoms with E-state index in [-0.39, 0.29) is 5.78 Å². The van der Waals surface area contributed by atoms with Gasteiger partial charge < -0.3 is 5.11 Å². The summed E-state index contributed by atoms with van der Waals surface area (Å²) >= 11 is 0. The molecule has 0 saturated heterocycles. The molecule has 146 valence electrons. The summed E-state index contributed by atoms with van der Waals surface area (Å²) in [4.78, 5) is 20.4. The van der Waals surface area contributed by atoms with Crippen LogP contribution in [0.2, 0.25) is 0 Å². The molecule has 0 fully saturated rings. The lowest BCUT2D eigenvalue weighted by molar-refractivity contribution is -0.134. The minimum atomic E-state index is -0.833. The molecule has 1 N–H and O–H groups in total. The molecule has 0 radical (unpaired) electrons. The summed E-state index contributed by atoms with van der Waals surface area (Å²) in [5.74, 6) is 5.12. The highest BCUT2D eigenvalue weighted by Gasteiger charge is 1.95. The van der Waals surface area contributed by atoms with Crippen molar-refractivity contribution in [2.24, 2.45) is 0 Å². The van der Waals surface area contributed by atoms with Crippen molar-refractivity contribution in [1.29, 1.82) is 0 Å². The number of carbonyl (C=O) groups is 2. The molecule has 0 aromatic carbocycles. The lowest BCUT2D eigenvalue weighted by atomic mass is 10.1. The molecule has 0 unspecified atom stereocenters. The highest BCUT2D eigenvalue weighted by Crippen LogP contribution is 2.11. The maximum atomic E-state index is 11.4. The first-order valence-corrected chi connectivity index (χ1v) is 10.3. The monoisotopic (exact) mass is 352 g/mol. The molecule has 0 bridgehead atoms. The van der Waals surface area contributed by atoms with Gasteiger partial charge >= 0.3 is 0 Å². The van der Waals surface area contributed by atoms with Crippen LogP contribution in [0.4, 0.5) is 0 Å². The number of carboxylic acid groups (broad SMARTS) is 1. The van der Waals surface area contributed by atoms with Gasteiger partial charge in [-0.2, -0.15) is 0 Å². The molecule has 0 amide bonds. The first kappa shape index (κ1) is 25.9. The van der Waals surface area contributed by atoms with E-state index in [0.717, 1.165) is 32.6 Å². The Kier molecular flexibility index (Phi) is 23.5. The van der Waals surface area contributed by atoms with Crippen molar-refractivity contribution in [2.75, 3.05) is 0 Å². The van der Waals surface area contributed by atoms with Gasteiger partial charge in [0.1, 0.15) is 0 Å². The molecule has 0 aliphatic carbocycles. The van der Waals surface area contributed by atoms with Gasteiger partial charge in [0, 0.05) is 19.8 Å². The fourth-order valence-electron chi connectivity index (χ4n) is 2.46. The minimum Gasteiger partial charge on any atom is -0.481 e. The molecule has 0 aliphatic rings. The highest BCUT2D eigenvalue weighted by atomic mass is 16.4. The van der Waals surface area contributed by atoms with Crippen LogP contribution in [0.1, 0.15) is 117 Å². The third-order valence-corrected chi connectivity index (χ3v) is 3.89. The van der Waals surface area contributed by atoms with Crippen LogP contribution in [0.15, 0.2) is 0 Å². The zero-order valence-corrected chi connectivity index (χ0v) is 16.9. The third-order valence-electron chi connectivity index (χ3n) is 3.89. The Labute approximate surface area is 156 Å². The fourth-order valence-corrected chi connectivity index (χ4v) is 2.46. The summed E-state index contributed by atoms with van der Waals surface area (Å²) in [5, 5.41) is 7.42. The van der Waals surface area contributed by atoms with E-state index in [1.54, 1.807) is 0 Å². The number of aliphatic carboxylic acids is 1. The van der Waals surface area contributed by atoms with E-state index in [0.29, 0.717) is 6.42 Å². The van der Waals surface area contributed by atoms with Crippen molar-refractivity contribution in [1.82, 2.24) is 0 Å². The van der Waals surface area contributed by atoms with Gasteiger partial charge in [0.2, 0.25) is 5.78 Å². The van der Waals surface area contributed by atoms with Crippen LogP contribution in [-0.2, 0) is 9.59 Å². The van der Waals surface area contributed by atoms with Crippen molar-refractivity contribution in [3.63, 3.8) is 0 Å². The first-order chi connectivity index (χ1) is 12.0. The van der Waals surface area contributed by atoms with E-state index in [1.165, 1.54) is 64.2 Å². The molecule has 3 nitrogen and oxygen atoms in total. The highest BCUT2D eigenvalue weighted by molar-refractivity contribution is 5.95. The van der Waals surface area contributed by atoms with Gasteiger partial charge in [-0.25, -0.2) is 0 Å². The molecule has 0 saturated carbocycles. The average Bonchev–Trinajstić information content (AvgIpc) is 2.55. The second-order valence-electron chi connectivity index (χ2n) is 6.63. The van der Waals surface area contributed by atoms with Gasteiger partial charge in [0.15, 0.2) is 0 Å². The van der Waals surface area contributed by atoms with E-state index in [9.17, 15) is 4.79 Å². The van der Waals surface area contributed by atoms with Crippen LogP contribution < -0.4 is 0 Å². The maximum Gasteiger partial charge on any atom is 0.300 e. The zero-order valence-electron chi connectivity index (χ0n) is 16.9. The summed E-state index contributed by atoms with van der Waals surface area (Å²) in [7, 11) is 0. The second-order valence-corrected chi connectivity index (χ2v) is 6.63. The zero-order chi connectivity index (χ0) is 19.2. The van der Waals surface area contributed by atoms with Crippen molar-refractivity contribution < 1.29 is 14.7 Å². The normalized spacial score (nSPS) is 9.56. The van der Waals surface area contributed by atoms with Gasteiger partial charge in [-0.3, -0.25) is 9.59 Å². The summed E-state index contributed by atoms with van der Waals surface area (Å²) in [6.45, 7) is 5.50. The van der Waals surface area contributed by atoms with Crippen LogP contribution >= 0.6 is 0 Å². The molecule has 3 heteroatoms. The Morgan fingerprint density at radius 3 is 1.60 bits per heavy atom. The number of hydrogen-bond acceptors (Lipinski definition) is 2. The van der Waals surface area contributed by atoms with Crippen molar-refractivity contribution >= 4 is 11.8 Å². The Balaban J connectivity index is 0. The molecule has 25 heavy (non-hydrogen) atoms. The minimum absolute atomic E-state index is 0.135. The quantitative estimate of drug-likeness (QED) is 0.219. The molecule has 0 aliphatic heterocycles. The first-order valence-electron chi connectivity index (χ1n) is 10.3. The summed E-state index contributed by atoms with van der Waals surface area (Å²) in [5.41, 5.74) is 0. The molecule has 0 rings (SSSR count). The largest absolute Gasteiger partial charge is 0.481 e. The van der Waals surface area contributed by atoms with Crippen LogP contribution in [0.5, 0.6) is 0 Å². The van der Waals surface area contributed by atoms with Crippen molar-refractivity contribution in [3.05, 3.63) is 0 Å². The number of Topliss-reactive ketones (excluding diaryl/α,β-unsaturated/α-hetero) is 1. The molecular weight excluding hydrogens is 312 g/mol. The molecule has 0 spiro atoms. The molecule has 0 atom stereocenters. The Hall–Kier alpha value is -1.30. The lowest BCUT2D eigenvalue weighted by Crippen LogP contribution is -1.92. The average molecular weight is 353 g/mol. The van der Waals surface area contributed by atoms with Gasteiger partial charge in [0.25, 0.3) is 5.97 Å². The van der Waals surface area contributed by atoms with Gasteiger partial charge in [0.05, 0.1) is 0 Å². The molecular formula is C22H40O3. The van der Waals surface area contributed by atoms with E-state index in [2.05, 4.69) is 25.7 Å². The third kappa shape index (κ3) is 31.0. The van der Waals surface area contributed by atoms with Gasteiger partial charge in [-0.05, 0) is 18.8 Å². The van der Waals surface area contributed by atoms with Crippen LogP contribution in [0.3, 0.4) is 0 Å². The van der Waals surface area contributed by atoms with E-state index in [4.69, 9.17) is 9.90 Å². The summed E-state index contributed by atoms with van der Waals surface area (Å²) < 4.78 is 0. The van der Waals surface area contributed by atoms with Crippen molar-refractivity contribution in [3.8, 4) is 11.8 Å². The summed E-state index contributed by atoms with van der Waals surface area (Å²) in [6, 6.07) is 0. The van der Waals surface area contributed by atoms with Crippen LogP contribution in [-0.4, -0.2) is 16.9 Å². The predicted octanol–water partition coefficient (Wildman–Crippen LogP) is 6.54. The van der Waals surface area contributed by atoms with E-state index in [1.807, 2.05) is 0 Å². The van der Waals surface area contributed by atoms with Crippen molar-refractivity contribution in [2.45, 2.75) is 117 Å². The number of hydrogen-bond donors (Lipinski definition) is 1. The Bertz CT molecular complexity index is 359. The van der Waals surface area contributed by atoms with Crippen LogP contribution in [0, 0.1) is 11.8 Å². The van der Waals surface area contributed by atoms with E-state index >= 15 is 0 Å². The maximum absolute atomic E-state index is 11.4. The number of rotatable bonds is 14. The molecule has 0 aromatic rings. The smallest absolute Gasteiger partial charge is 0.300 e. The summed E-state index contributed by atoms with van der Waals surface area (Å²) in [6.07, 6.45) is 18.4. The Morgan fingerprint density at radius 2 is 1.12 bits per heavy atom. The van der Waals surface area contributed by atoms with Gasteiger partial charge in [-0.1, -0.05) is 90.4 Å². The Morgan fingerprint density at radius 1 is 0.720 bits per heavy atom. The lowest BCUT2D eigenvalue weighted by Gasteiger charge is -2.00. The number of carboxylic acids is 1. The molecule has 0 heterocycles. The second kappa shape index (κ2) is 22.7. The number of carbonyl (C=O) groups excluding carboxylic acids is 1. The number of unbranched alkanes of at least 4 members (excludes halogenated alkanes) is 12. The SMILES string of the molecule is CC(=O)O.CCCCCCCCCCCCC#CC(=O)CCCCC. The molecule has 0 aromatic heterocycles. The van der Waals surface area contributed by atoms with Crippen LogP contribution in [0.25, 0.3) is 0 Å². The predicted molar refractivity (Wildman–Crippen MR) is 107 cm³/mol.